The zero-order chi connectivity index (χ0) is 15.1. The second-order valence-corrected chi connectivity index (χ2v) is 8.72. The van der Waals surface area contributed by atoms with Gasteiger partial charge >= 0.3 is 0 Å². The van der Waals surface area contributed by atoms with Crippen molar-refractivity contribution in [3.05, 3.63) is 23.8 Å². The van der Waals surface area contributed by atoms with Crippen LogP contribution in [0.1, 0.15) is 31.7 Å². The van der Waals surface area contributed by atoms with Gasteiger partial charge in [0, 0.05) is 40.9 Å². The van der Waals surface area contributed by atoms with Crippen LogP contribution in [-0.2, 0) is 9.05 Å². The number of anilines is 1. The summed E-state index contributed by atoms with van der Waals surface area (Å²) in [6.45, 7) is 4.20. The summed E-state index contributed by atoms with van der Waals surface area (Å²) in [7, 11) is 5.57. The summed E-state index contributed by atoms with van der Waals surface area (Å²) >= 11 is 0. The third-order valence-electron chi connectivity index (χ3n) is 4.09. The Morgan fingerprint density at radius 2 is 2.10 bits per heavy atom. The van der Waals surface area contributed by atoms with Crippen molar-refractivity contribution >= 4 is 25.4 Å². The standard InChI is InChI=1S/C14H20ClNO3S/c1-14(2)8-10(9-20(15,17)18)12-6-5-11(19-4)7-13(12)16(14)3/h5-7,10H,8-9H2,1-4H3. The van der Waals surface area contributed by atoms with Gasteiger partial charge in [0.2, 0.25) is 9.05 Å². The van der Waals surface area contributed by atoms with Gasteiger partial charge in [-0.25, -0.2) is 8.42 Å². The summed E-state index contributed by atoms with van der Waals surface area (Å²) in [5.74, 6) is 0.635. The van der Waals surface area contributed by atoms with Crippen molar-refractivity contribution in [2.24, 2.45) is 0 Å². The van der Waals surface area contributed by atoms with Crippen molar-refractivity contribution < 1.29 is 13.2 Å². The lowest BCUT2D eigenvalue weighted by Gasteiger charge is -2.46. The molecule has 0 aliphatic carbocycles. The van der Waals surface area contributed by atoms with Crippen molar-refractivity contribution in [2.75, 3.05) is 24.8 Å². The van der Waals surface area contributed by atoms with Crippen molar-refractivity contribution in [1.82, 2.24) is 0 Å². The molecule has 112 valence electrons. The Bertz CT molecular complexity index is 613. The monoisotopic (exact) mass is 317 g/mol. The van der Waals surface area contributed by atoms with Crippen LogP contribution in [0.15, 0.2) is 18.2 Å². The molecule has 0 bridgehead atoms. The Kier molecular flexibility index (Phi) is 3.95. The largest absolute Gasteiger partial charge is 0.497 e. The lowest BCUT2D eigenvalue weighted by Crippen LogP contribution is -2.46. The van der Waals surface area contributed by atoms with Gasteiger partial charge in [-0.3, -0.25) is 0 Å². The number of halogens is 1. The van der Waals surface area contributed by atoms with E-state index in [0.29, 0.717) is 0 Å². The third-order valence-corrected chi connectivity index (χ3v) is 5.27. The molecule has 1 heterocycles. The maximum atomic E-state index is 11.5. The van der Waals surface area contributed by atoms with Crippen molar-refractivity contribution in [2.45, 2.75) is 31.7 Å². The van der Waals surface area contributed by atoms with Gasteiger partial charge in [0.25, 0.3) is 0 Å². The van der Waals surface area contributed by atoms with E-state index in [2.05, 4.69) is 18.7 Å². The van der Waals surface area contributed by atoms with Crippen molar-refractivity contribution in [1.29, 1.82) is 0 Å². The average molecular weight is 318 g/mol. The van der Waals surface area contributed by atoms with Crippen LogP contribution in [0, 0.1) is 0 Å². The first-order valence-corrected chi connectivity index (χ1v) is 8.96. The van der Waals surface area contributed by atoms with Gasteiger partial charge in [-0.1, -0.05) is 6.07 Å². The molecule has 1 aromatic rings. The summed E-state index contributed by atoms with van der Waals surface area (Å²) < 4.78 is 28.2. The third kappa shape index (κ3) is 3.04. The lowest BCUT2D eigenvalue weighted by atomic mass is 9.80. The Balaban J connectivity index is 2.51. The van der Waals surface area contributed by atoms with Crippen LogP contribution in [0.2, 0.25) is 0 Å². The van der Waals surface area contributed by atoms with Gasteiger partial charge in [0.1, 0.15) is 5.75 Å². The molecule has 4 nitrogen and oxygen atoms in total. The predicted molar refractivity (Wildman–Crippen MR) is 82.5 cm³/mol. The molecule has 20 heavy (non-hydrogen) atoms. The zero-order valence-electron chi connectivity index (χ0n) is 12.2. The first-order valence-electron chi connectivity index (χ1n) is 6.48. The van der Waals surface area contributed by atoms with Crippen LogP contribution in [0.3, 0.4) is 0 Å². The number of hydrogen-bond acceptors (Lipinski definition) is 4. The van der Waals surface area contributed by atoms with Gasteiger partial charge in [-0.2, -0.15) is 0 Å². The van der Waals surface area contributed by atoms with Crippen LogP contribution in [-0.4, -0.2) is 33.9 Å². The highest BCUT2D eigenvalue weighted by atomic mass is 35.7. The van der Waals surface area contributed by atoms with E-state index in [4.69, 9.17) is 15.4 Å². The molecule has 0 spiro atoms. The number of methoxy groups -OCH3 is 1. The molecule has 0 N–H and O–H groups in total. The molecular weight excluding hydrogens is 298 g/mol. The Labute approximate surface area is 125 Å². The minimum absolute atomic E-state index is 0.0366. The molecule has 1 aliphatic heterocycles. The number of nitrogens with zero attached hydrogens (tertiary/aromatic N) is 1. The maximum absolute atomic E-state index is 11.5. The molecule has 0 radical (unpaired) electrons. The van der Waals surface area contributed by atoms with Crippen LogP contribution >= 0.6 is 10.7 Å². The maximum Gasteiger partial charge on any atom is 0.233 e. The second kappa shape index (κ2) is 5.11. The molecule has 1 atom stereocenters. The van der Waals surface area contributed by atoms with Crippen molar-refractivity contribution in [3.63, 3.8) is 0 Å². The second-order valence-electron chi connectivity index (χ2n) is 5.90. The van der Waals surface area contributed by atoms with E-state index in [1.54, 1.807) is 7.11 Å². The first-order chi connectivity index (χ1) is 9.14. The lowest BCUT2D eigenvalue weighted by molar-refractivity contribution is 0.390. The van der Waals surface area contributed by atoms with Gasteiger partial charge in [-0.05, 0) is 31.9 Å². The van der Waals surface area contributed by atoms with Crippen LogP contribution in [0.5, 0.6) is 5.75 Å². The van der Waals surface area contributed by atoms with Crippen LogP contribution in [0.4, 0.5) is 5.69 Å². The minimum Gasteiger partial charge on any atom is -0.497 e. The average Bonchev–Trinajstić information content (AvgIpc) is 2.33. The fourth-order valence-electron chi connectivity index (χ4n) is 2.85. The van der Waals surface area contributed by atoms with E-state index in [1.165, 1.54) is 0 Å². The first kappa shape index (κ1) is 15.4. The molecule has 0 aromatic heterocycles. The van der Waals surface area contributed by atoms with Gasteiger partial charge in [0.05, 0.1) is 12.9 Å². The zero-order valence-corrected chi connectivity index (χ0v) is 13.8. The number of ether oxygens (including phenoxy) is 1. The SMILES string of the molecule is COc1ccc2c(c1)N(C)C(C)(C)CC2CS(=O)(=O)Cl. The number of rotatable bonds is 3. The summed E-state index contributed by atoms with van der Waals surface area (Å²) in [6, 6.07) is 5.75. The molecular formula is C14H20ClNO3S. The molecule has 6 heteroatoms. The van der Waals surface area contributed by atoms with Gasteiger partial charge in [0.15, 0.2) is 0 Å². The molecule has 0 amide bonds. The Morgan fingerprint density at radius 1 is 1.45 bits per heavy atom. The van der Waals surface area contributed by atoms with E-state index in [-0.39, 0.29) is 17.2 Å². The topological polar surface area (TPSA) is 46.6 Å². The highest BCUT2D eigenvalue weighted by Gasteiger charge is 2.37. The fourth-order valence-corrected chi connectivity index (χ4v) is 4.09. The molecule has 0 saturated heterocycles. The molecule has 1 aliphatic rings. The van der Waals surface area contributed by atoms with Crippen molar-refractivity contribution in [3.8, 4) is 5.75 Å². The molecule has 2 rings (SSSR count). The molecule has 0 fully saturated rings. The smallest absolute Gasteiger partial charge is 0.233 e. The predicted octanol–water partition coefficient (Wildman–Crippen LogP) is 2.97. The van der Waals surface area contributed by atoms with Crippen LogP contribution in [0.25, 0.3) is 0 Å². The van der Waals surface area contributed by atoms with Crippen LogP contribution < -0.4 is 9.64 Å². The Hall–Kier alpha value is -0.940. The normalized spacial score (nSPS) is 21.4. The van der Waals surface area contributed by atoms with E-state index in [9.17, 15) is 8.42 Å². The van der Waals surface area contributed by atoms with E-state index in [0.717, 1.165) is 23.4 Å². The van der Waals surface area contributed by atoms with Gasteiger partial charge in [-0.15, -0.1) is 0 Å². The molecule has 1 aromatic carbocycles. The summed E-state index contributed by atoms with van der Waals surface area (Å²) in [4.78, 5) is 2.17. The minimum atomic E-state index is -3.53. The van der Waals surface area contributed by atoms with E-state index in [1.807, 2.05) is 25.2 Å². The Morgan fingerprint density at radius 3 is 2.65 bits per heavy atom. The van der Waals surface area contributed by atoms with Gasteiger partial charge < -0.3 is 9.64 Å². The number of hydrogen-bond donors (Lipinski definition) is 0. The quantitative estimate of drug-likeness (QED) is 0.804. The summed E-state index contributed by atoms with van der Waals surface area (Å²) in [6.07, 6.45) is 0.745. The number of benzene rings is 1. The van der Waals surface area contributed by atoms with E-state index >= 15 is 0 Å². The fraction of sp³-hybridized carbons (Fsp3) is 0.571. The molecule has 0 saturated carbocycles. The molecule has 1 unspecified atom stereocenters. The highest BCUT2D eigenvalue weighted by molar-refractivity contribution is 8.13. The van der Waals surface area contributed by atoms with E-state index < -0.39 is 9.05 Å². The highest BCUT2D eigenvalue weighted by Crippen LogP contribution is 2.44. The summed E-state index contributed by atoms with van der Waals surface area (Å²) in [5, 5.41) is 0. The number of fused-ring (bicyclic) bond motifs is 1. The summed E-state index contributed by atoms with van der Waals surface area (Å²) in [5.41, 5.74) is 1.88.